The van der Waals surface area contributed by atoms with Crippen molar-refractivity contribution in [1.29, 1.82) is 0 Å². The first-order valence-electron chi connectivity index (χ1n) is 6.77. The van der Waals surface area contributed by atoms with Crippen molar-refractivity contribution >= 4 is 15.7 Å². The van der Waals surface area contributed by atoms with Gasteiger partial charge in [0.15, 0.2) is 16.4 Å². The lowest BCUT2D eigenvalue weighted by Crippen LogP contribution is -2.38. The van der Waals surface area contributed by atoms with E-state index in [2.05, 4.69) is 5.32 Å². The van der Waals surface area contributed by atoms with Gasteiger partial charge in [-0.25, -0.2) is 8.42 Å². The topological polar surface area (TPSA) is 90.9 Å². The Balaban J connectivity index is 1.88. The van der Waals surface area contributed by atoms with Gasteiger partial charge < -0.3 is 19.5 Å². The lowest BCUT2D eigenvalue weighted by Gasteiger charge is -2.13. The van der Waals surface area contributed by atoms with Crippen LogP contribution in [0, 0.1) is 0 Å². The molecule has 1 unspecified atom stereocenters. The minimum absolute atomic E-state index is 0.00821. The zero-order chi connectivity index (χ0) is 16.2. The Bertz CT molecular complexity index is 620. The van der Waals surface area contributed by atoms with Gasteiger partial charge in [-0.2, -0.15) is 0 Å². The summed E-state index contributed by atoms with van der Waals surface area (Å²) in [5.41, 5.74) is 0. The molecule has 22 heavy (non-hydrogen) atoms. The molecule has 122 valence electrons. The second kappa shape index (κ2) is 6.87. The van der Waals surface area contributed by atoms with Crippen LogP contribution < -0.4 is 19.5 Å². The molecule has 0 saturated carbocycles. The molecular formula is C14H19NO6S. The van der Waals surface area contributed by atoms with E-state index in [1.54, 1.807) is 18.2 Å². The van der Waals surface area contributed by atoms with Crippen molar-refractivity contribution in [3.63, 3.8) is 0 Å². The summed E-state index contributed by atoms with van der Waals surface area (Å²) in [6.07, 6.45) is 0.445. The Hall–Kier alpha value is -1.96. The summed E-state index contributed by atoms with van der Waals surface area (Å²) in [4.78, 5) is 11.8. The van der Waals surface area contributed by atoms with E-state index >= 15 is 0 Å². The minimum atomic E-state index is -3.01. The Morgan fingerprint density at radius 2 is 1.77 bits per heavy atom. The number of ether oxygens (including phenoxy) is 3. The van der Waals surface area contributed by atoms with Crippen LogP contribution in [0.2, 0.25) is 0 Å². The Morgan fingerprint density at radius 3 is 2.27 bits per heavy atom. The van der Waals surface area contributed by atoms with Crippen molar-refractivity contribution in [2.75, 3.05) is 32.3 Å². The summed E-state index contributed by atoms with van der Waals surface area (Å²) in [6.45, 7) is -0.202. The van der Waals surface area contributed by atoms with Crippen LogP contribution in [0.15, 0.2) is 18.2 Å². The first-order chi connectivity index (χ1) is 10.4. The fourth-order valence-corrected chi connectivity index (χ4v) is 3.87. The highest BCUT2D eigenvalue weighted by atomic mass is 32.2. The van der Waals surface area contributed by atoms with Gasteiger partial charge in [0.1, 0.15) is 17.2 Å². The maximum Gasteiger partial charge on any atom is 0.258 e. The number of methoxy groups -OCH3 is 2. The SMILES string of the molecule is COc1cc(OC)cc(OCC(=O)NC2CCS(=O)(=O)C2)c1. The van der Waals surface area contributed by atoms with E-state index in [0.29, 0.717) is 23.7 Å². The third kappa shape index (κ3) is 4.52. The Kier molecular flexibility index (Phi) is 5.12. The molecular weight excluding hydrogens is 310 g/mol. The van der Waals surface area contributed by atoms with Crippen molar-refractivity contribution in [3.05, 3.63) is 18.2 Å². The van der Waals surface area contributed by atoms with Crippen molar-refractivity contribution in [1.82, 2.24) is 5.32 Å². The summed E-state index contributed by atoms with van der Waals surface area (Å²) in [6, 6.07) is 4.63. The summed E-state index contributed by atoms with van der Waals surface area (Å²) < 4.78 is 38.3. The molecule has 1 atom stereocenters. The van der Waals surface area contributed by atoms with E-state index in [4.69, 9.17) is 14.2 Å². The van der Waals surface area contributed by atoms with Gasteiger partial charge >= 0.3 is 0 Å². The molecule has 0 aliphatic carbocycles. The average Bonchev–Trinajstić information content (AvgIpc) is 2.83. The van der Waals surface area contributed by atoms with Crippen LogP contribution >= 0.6 is 0 Å². The monoisotopic (exact) mass is 329 g/mol. The number of benzene rings is 1. The van der Waals surface area contributed by atoms with E-state index in [1.165, 1.54) is 14.2 Å². The van der Waals surface area contributed by atoms with Gasteiger partial charge in [-0.1, -0.05) is 0 Å². The summed E-state index contributed by atoms with van der Waals surface area (Å²) in [5.74, 6) is 1.29. The smallest absolute Gasteiger partial charge is 0.258 e. The van der Waals surface area contributed by atoms with Gasteiger partial charge in [0, 0.05) is 24.2 Å². The average molecular weight is 329 g/mol. The predicted molar refractivity (Wildman–Crippen MR) is 80.2 cm³/mol. The molecule has 7 nitrogen and oxygen atoms in total. The molecule has 8 heteroatoms. The predicted octanol–water partition coefficient (Wildman–Crippen LogP) is 0.386. The van der Waals surface area contributed by atoms with Crippen LogP contribution in [0.5, 0.6) is 17.2 Å². The maximum absolute atomic E-state index is 11.8. The second-order valence-electron chi connectivity index (χ2n) is 5.00. The van der Waals surface area contributed by atoms with Crippen molar-refractivity contribution in [3.8, 4) is 17.2 Å². The molecule has 2 rings (SSSR count). The molecule has 1 saturated heterocycles. The van der Waals surface area contributed by atoms with Crippen LogP contribution in [-0.4, -0.2) is 52.7 Å². The van der Waals surface area contributed by atoms with Gasteiger partial charge in [0.25, 0.3) is 5.91 Å². The number of carbonyl (C=O) groups excluding carboxylic acids is 1. The van der Waals surface area contributed by atoms with Gasteiger partial charge in [-0.15, -0.1) is 0 Å². The van der Waals surface area contributed by atoms with Crippen LogP contribution in [0.25, 0.3) is 0 Å². The lowest BCUT2D eigenvalue weighted by atomic mass is 10.2. The maximum atomic E-state index is 11.8. The number of rotatable bonds is 6. The number of amides is 1. The first-order valence-corrected chi connectivity index (χ1v) is 8.59. The van der Waals surface area contributed by atoms with Crippen LogP contribution in [0.1, 0.15) is 6.42 Å². The highest BCUT2D eigenvalue weighted by Gasteiger charge is 2.28. The van der Waals surface area contributed by atoms with Crippen molar-refractivity contribution in [2.45, 2.75) is 12.5 Å². The second-order valence-corrected chi connectivity index (χ2v) is 7.23. The van der Waals surface area contributed by atoms with Crippen LogP contribution in [-0.2, 0) is 14.6 Å². The molecule has 0 radical (unpaired) electrons. The molecule has 1 aromatic rings. The van der Waals surface area contributed by atoms with E-state index in [9.17, 15) is 13.2 Å². The molecule has 1 heterocycles. The number of sulfone groups is 1. The van der Waals surface area contributed by atoms with Gasteiger partial charge in [0.05, 0.1) is 25.7 Å². The third-order valence-corrected chi connectivity index (χ3v) is 5.06. The summed E-state index contributed by atoms with van der Waals surface area (Å²) in [7, 11) is 0.0245. The quantitative estimate of drug-likeness (QED) is 0.812. The van der Waals surface area contributed by atoms with E-state index in [-0.39, 0.29) is 30.1 Å². The molecule has 0 bridgehead atoms. The largest absolute Gasteiger partial charge is 0.496 e. The molecule has 0 spiro atoms. The van der Waals surface area contributed by atoms with Crippen LogP contribution in [0.4, 0.5) is 0 Å². The Labute approximate surface area is 129 Å². The first kappa shape index (κ1) is 16.4. The Morgan fingerprint density at radius 1 is 1.18 bits per heavy atom. The number of hydrogen-bond acceptors (Lipinski definition) is 6. The standard InChI is InChI=1S/C14H19NO6S/c1-19-11-5-12(20-2)7-13(6-11)21-8-14(16)15-10-3-4-22(17,18)9-10/h5-7,10H,3-4,8-9H2,1-2H3,(H,15,16). The number of nitrogens with one attached hydrogen (secondary N) is 1. The lowest BCUT2D eigenvalue weighted by molar-refractivity contribution is -0.123. The van der Waals surface area contributed by atoms with E-state index < -0.39 is 9.84 Å². The fraction of sp³-hybridized carbons (Fsp3) is 0.500. The normalized spacial score (nSPS) is 19.5. The van der Waals surface area contributed by atoms with Gasteiger partial charge in [-0.3, -0.25) is 4.79 Å². The summed E-state index contributed by atoms with van der Waals surface area (Å²) >= 11 is 0. The summed E-state index contributed by atoms with van der Waals surface area (Å²) in [5, 5.41) is 2.66. The highest BCUT2D eigenvalue weighted by Crippen LogP contribution is 2.27. The van der Waals surface area contributed by atoms with Gasteiger partial charge in [-0.05, 0) is 6.42 Å². The molecule has 1 aliphatic rings. The highest BCUT2D eigenvalue weighted by molar-refractivity contribution is 7.91. The van der Waals surface area contributed by atoms with Crippen molar-refractivity contribution < 1.29 is 27.4 Å². The number of hydrogen-bond donors (Lipinski definition) is 1. The number of carbonyl (C=O) groups is 1. The third-order valence-electron chi connectivity index (χ3n) is 3.29. The molecule has 1 amide bonds. The fourth-order valence-electron chi connectivity index (χ4n) is 2.19. The molecule has 1 aromatic carbocycles. The molecule has 1 N–H and O–H groups in total. The zero-order valence-electron chi connectivity index (χ0n) is 12.5. The van der Waals surface area contributed by atoms with Crippen LogP contribution in [0.3, 0.4) is 0 Å². The molecule has 0 aromatic heterocycles. The minimum Gasteiger partial charge on any atom is -0.496 e. The van der Waals surface area contributed by atoms with Gasteiger partial charge in [0.2, 0.25) is 0 Å². The van der Waals surface area contributed by atoms with E-state index in [0.717, 1.165) is 0 Å². The van der Waals surface area contributed by atoms with Crippen molar-refractivity contribution in [2.24, 2.45) is 0 Å². The molecule has 1 aliphatic heterocycles. The molecule has 1 fully saturated rings. The zero-order valence-corrected chi connectivity index (χ0v) is 13.3. The van der Waals surface area contributed by atoms with E-state index in [1.807, 2.05) is 0 Å².